The zero-order chi connectivity index (χ0) is 11.6. The molecule has 1 aromatic carbocycles. The SMILES string of the molecule is Cc1cc(C)c(C23CC(CCl)(C2)C3)cc1C. The highest BCUT2D eigenvalue weighted by molar-refractivity contribution is 6.18. The normalized spacial score (nSPS) is 35.5. The zero-order valence-electron chi connectivity index (χ0n) is 10.4. The van der Waals surface area contributed by atoms with E-state index in [-0.39, 0.29) is 0 Å². The van der Waals surface area contributed by atoms with Gasteiger partial charge in [-0.05, 0) is 73.1 Å². The van der Waals surface area contributed by atoms with Crippen LogP contribution in [0.15, 0.2) is 12.1 Å². The molecule has 0 saturated heterocycles. The number of rotatable bonds is 2. The zero-order valence-corrected chi connectivity index (χ0v) is 11.1. The van der Waals surface area contributed by atoms with Crippen LogP contribution in [0.25, 0.3) is 0 Å². The lowest BCUT2D eigenvalue weighted by molar-refractivity contribution is -0.122. The first-order valence-corrected chi connectivity index (χ1v) is 6.68. The van der Waals surface area contributed by atoms with Crippen molar-refractivity contribution in [3.63, 3.8) is 0 Å². The van der Waals surface area contributed by atoms with Gasteiger partial charge in [-0.1, -0.05) is 12.1 Å². The lowest BCUT2D eigenvalue weighted by Gasteiger charge is -2.71. The van der Waals surface area contributed by atoms with Crippen LogP contribution in [0.3, 0.4) is 0 Å². The number of hydrogen-bond acceptors (Lipinski definition) is 0. The molecular formula is C15H19Cl. The first-order valence-electron chi connectivity index (χ1n) is 6.15. The third-order valence-electron chi connectivity index (χ3n) is 4.84. The van der Waals surface area contributed by atoms with E-state index < -0.39 is 0 Å². The summed E-state index contributed by atoms with van der Waals surface area (Å²) in [5.41, 5.74) is 6.96. The van der Waals surface area contributed by atoms with Crippen LogP contribution >= 0.6 is 11.6 Å². The summed E-state index contributed by atoms with van der Waals surface area (Å²) < 4.78 is 0. The minimum atomic E-state index is 0.511. The Morgan fingerprint density at radius 2 is 1.56 bits per heavy atom. The average molecular weight is 235 g/mol. The second-order valence-electron chi connectivity index (χ2n) is 6.20. The van der Waals surface area contributed by atoms with Crippen molar-refractivity contribution in [3.05, 3.63) is 34.4 Å². The Morgan fingerprint density at radius 1 is 1.00 bits per heavy atom. The van der Waals surface area contributed by atoms with E-state index in [1.807, 2.05) is 0 Å². The van der Waals surface area contributed by atoms with Crippen LogP contribution < -0.4 is 0 Å². The quantitative estimate of drug-likeness (QED) is 0.671. The molecular weight excluding hydrogens is 216 g/mol. The standard InChI is InChI=1S/C15H19Cl/c1-10-4-12(3)13(5-11(10)2)15-6-14(7-15,8-15)9-16/h4-5H,6-9H2,1-3H3. The lowest BCUT2D eigenvalue weighted by Crippen LogP contribution is -2.65. The molecule has 0 unspecified atom stereocenters. The predicted molar refractivity (Wildman–Crippen MR) is 69.3 cm³/mol. The largest absolute Gasteiger partial charge is 0.126 e. The van der Waals surface area contributed by atoms with Crippen molar-refractivity contribution >= 4 is 11.6 Å². The molecule has 0 aliphatic heterocycles. The maximum atomic E-state index is 6.03. The third kappa shape index (κ3) is 1.17. The van der Waals surface area contributed by atoms with Gasteiger partial charge in [0.15, 0.2) is 0 Å². The molecule has 0 nitrogen and oxygen atoms in total. The number of benzene rings is 1. The molecule has 0 radical (unpaired) electrons. The molecule has 0 atom stereocenters. The molecule has 0 spiro atoms. The van der Waals surface area contributed by atoms with Crippen molar-refractivity contribution in [1.82, 2.24) is 0 Å². The van der Waals surface area contributed by atoms with E-state index in [0.29, 0.717) is 10.8 Å². The Kier molecular flexibility index (Phi) is 2.02. The number of hydrogen-bond donors (Lipinski definition) is 0. The maximum Gasteiger partial charge on any atom is 0.0280 e. The predicted octanol–water partition coefficient (Wildman–Crippen LogP) is 4.27. The summed E-state index contributed by atoms with van der Waals surface area (Å²) in [5, 5.41) is 0. The van der Waals surface area contributed by atoms with E-state index in [2.05, 4.69) is 32.9 Å². The minimum absolute atomic E-state index is 0.511. The van der Waals surface area contributed by atoms with Crippen molar-refractivity contribution in [3.8, 4) is 0 Å². The van der Waals surface area contributed by atoms with Crippen molar-refractivity contribution in [2.75, 3.05) is 5.88 Å². The highest BCUT2D eigenvalue weighted by atomic mass is 35.5. The molecule has 3 aliphatic rings. The molecule has 0 aromatic heterocycles. The molecule has 3 fully saturated rings. The molecule has 3 aliphatic carbocycles. The Morgan fingerprint density at radius 3 is 2.12 bits per heavy atom. The summed E-state index contributed by atoms with van der Waals surface area (Å²) in [7, 11) is 0. The highest BCUT2D eigenvalue weighted by Crippen LogP contribution is 2.74. The van der Waals surface area contributed by atoms with Crippen molar-refractivity contribution in [1.29, 1.82) is 0 Å². The Bertz CT molecular complexity index is 439. The minimum Gasteiger partial charge on any atom is -0.126 e. The molecule has 3 saturated carbocycles. The van der Waals surface area contributed by atoms with Gasteiger partial charge in [0, 0.05) is 5.88 Å². The summed E-state index contributed by atoms with van der Waals surface area (Å²) in [6.07, 6.45) is 3.98. The van der Waals surface area contributed by atoms with Crippen LogP contribution in [-0.2, 0) is 5.41 Å². The molecule has 4 rings (SSSR count). The Balaban J connectivity index is 1.95. The smallest absolute Gasteiger partial charge is 0.0280 e. The molecule has 86 valence electrons. The maximum absolute atomic E-state index is 6.03. The molecule has 2 bridgehead atoms. The molecule has 16 heavy (non-hydrogen) atoms. The summed E-state index contributed by atoms with van der Waals surface area (Å²) >= 11 is 6.03. The van der Waals surface area contributed by atoms with Gasteiger partial charge in [-0.15, -0.1) is 11.6 Å². The summed E-state index contributed by atoms with van der Waals surface area (Å²) in [4.78, 5) is 0. The fourth-order valence-electron chi connectivity index (χ4n) is 3.96. The van der Waals surface area contributed by atoms with Crippen LogP contribution in [0, 0.1) is 26.2 Å². The van der Waals surface area contributed by atoms with Crippen LogP contribution in [-0.4, -0.2) is 5.88 Å². The van der Waals surface area contributed by atoms with E-state index in [1.165, 1.54) is 36.0 Å². The molecule has 1 heteroatoms. The molecule has 0 heterocycles. The average Bonchev–Trinajstić information content (AvgIpc) is 2.10. The lowest BCUT2D eigenvalue weighted by atomic mass is 9.34. The second-order valence-corrected chi connectivity index (χ2v) is 6.46. The summed E-state index contributed by atoms with van der Waals surface area (Å²) in [6.45, 7) is 6.69. The van der Waals surface area contributed by atoms with Crippen LogP contribution in [0.1, 0.15) is 41.5 Å². The van der Waals surface area contributed by atoms with Crippen LogP contribution in [0.5, 0.6) is 0 Å². The fourth-order valence-corrected chi connectivity index (χ4v) is 4.24. The van der Waals surface area contributed by atoms with E-state index in [1.54, 1.807) is 5.56 Å². The van der Waals surface area contributed by atoms with Gasteiger partial charge < -0.3 is 0 Å². The number of alkyl halides is 1. The summed E-state index contributed by atoms with van der Waals surface area (Å²) in [6, 6.07) is 4.76. The Labute approximate surface area is 103 Å². The number of aryl methyl sites for hydroxylation is 3. The monoisotopic (exact) mass is 234 g/mol. The van der Waals surface area contributed by atoms with Gasteiger partial charge in [0.05, 0.1) is 0 Å². The van der Waals surface area contributed by atoms with E-state index >= 15 is 0 Å². The van der Waals surface area contributed by atoms with Gasteiger partial charge in [-0.3, -0.25) is 0 Å². The van der Waals surface area contributed by atoms with Crippen LogP contribution in [0.2, 0.25) is 0 Å². The first-order chi connectivity index (χ1) is 7.50. The van der Waals surface area contributed by atoms with E-state index in [9.17, 15) is 0 Å². The second kappa shape index (κ2) is 3.04. The van der Waals surface area contributed by atoms with Gasteiger partial charge in [-0.25, -0.2) is 0 Å². The summed E-state index contributed by atoms with van der Waals surface area (Å²) in [5.74, 6) is 0.860. The van der Waals surface area contributed by atoms with Gasteiger partial charge in [0.2, 0.25) is 0 Å². The van der Waals surface area contributed by atoms with Gasteiger partial charge >= 0.3 is 0 Å². The van der Waals surface area contributed by atoms with Crippen molar-refractivity contribution in [2.24, 2.45) is 5.41 Å². The molecule has 0 amide bonds. The van der Waals surface area contributed by atoms with E-state index in [4.69, 9.17) is 11.6 Å². The van der Waals surface area contributed by atoms with Crippen molar-refractivity contribution in [2.45, 2.75) is 45.4 Å². The first kappa shape index (κ1) is 10.7. The van der Waals surface area contributed by atoms with Gasteiger partial charge in [0.1, 0.15) is 0 Å². The van der Waals surface area contributed by atoms with Gasteiger partial charge in [0.25, 0.3) is 0 Å². The molecule has 1 aromatic rings. The van der Waals surface area contributed by atoms with E-state index in [0.717, 1.165) is 5.88 Å². The topological polar surface area (TPSA) is 0 Å². The highest BCUT2D eigenvalue weighted by Gasteiger charge is 2.67. The third-order valence-corrected chi connectivity index (χ3v) is 5.40. The van der Waals surface area contributed by atoms with Crippen LogP contribution in [0.4, 0.5) is 0 Å². The number of halogens is 1. The fraction of sp³-hybridized carbons (Fsp3) is 0.600. The van der Waals surface area contributed by atoms with Crippen molar-refractivity contribution < 1.29 is 0 Å². The van der Waals surface area contributed by atoms with Gasteiger partial charge in [-0.2, -0.15) is 0 Å². The Hall–Kier alpha value is -0.490. The molecule has 0 N–H and O–H groups in total.